The summed E-state index contributed by atoms with van der Waals surface area (Å²) in [6, 6.07) is 13.3. The highest BCUT2D eigenvalue weighted by Crippen LogP contribution is 2.39. The fourth-order valence-electron chi connectivity index (χ4n) is 5.73. The number of H-pyrrole nitrogens is 1. The van der Waals surface area contributed by atoms with Crippen LogP contribution in [0.3, 0.4) is 0 Å². The van der Waals surface area contributed by atoms with Gasteiger partial charge in [-0.3, -0.25) is 14.4 Å². The number of benzene rings is 2. The van der Waals surface area contributed by atoms with Crippen LogP contribution < -0.4 is 11.1 Å². The second-order valence-corrected chi connectivity index (χ2v) is 10.2. The van der Waals surface area contributed by atoms with E-state index < -0.39 is 0 Å². The van der Waals surface area contributed by atoms with Crippen LogP contribution in [0.1, 0.15) is 72.8 Å². The van der Waals surface area contributed by atoms with E-state index in [4.69, 9.17) is 5.73 Å². The summed E-state index contributed by atoms with van der Waals surface area (Å²) >= 11 is 0. The van der Waals surface area contributed by atoms with Gasteiger partial charge in [0.25, 0.3) is 5.91 Å². The number of hydrogen-bond donors (Lipinski definition) is 3. The first-order valence-corrected chi connectivity index (χ1v) is 13.2. The van der Waals surface area contributed by atoms with Crippen molar-refractivity contribution in [3.05, 3.63) is 64.8 Å². The molecule has 2 unspecified atom stereocenters. The number of carbonyl (C=O) groups is 3. The molecule has 2 aliphatic rings. The fraction of sp³-hybridized carbons (Fsp3) is 0.414. The molecule has 0 aliphatic carbocycles. The number of aromatic nitrogens is 1. The molecule has 2 aromatic carbocycles. The molecule has 4 N–H and O–H groups in total. The molecule has 1 saturated heterocycles. The summed E-state index contributed by atoms with van der Waals surface area (Å²) in [7, 11) is 0. The molecule has 3 amide bonds. The lowest BCUT2D eigenvalue weighted by Crippen LogP contribution is -2.40. The molecular formula is C29H35N5O3. The van der Waals surface area contributed by atoms with Crippen molar-refractivity contribution in [1.29, 1.82) is 0 Å². The number of anilines is 1. The summed E-state index contributed by atoms with van der Waals surface area (Å²) in [5.74, 6) is 0.0332. The molecular weight excluding hydrogens is 466 g/mol. The van der Waals surface area contributed by atoms with E-state index >= 15 is 0 Å². The largest absolute Gasteiger partial charge is 0.399 e. The molecule has 0 saturated carbocycles. The highest BCUT2D eigenvalue weighted by atomic mass is 16.2. The third-order valence-corrected chi connectivity index (χ3v) is 7.57. The second-order valence-electron chi connectivity index (χ2n) is 10.2. The summed E-state index contributed by atoms with van der Waals surface area (Å²) in [6.07, 6.45) is 3.89. The van der Waals surface area contributed by atoms with Gasteiger partial charge in [0.05, 0.1) is 6.04 Å². The van der Waals surface area contributed by atoms with E-state index in [1.165, 1.54) is 12.5 Å². The zero-order valence-electron chi connectivity index (χ0n) is 21.5. The number of carbonyl (C=O) groups excluding carboxylic acids is 3. The predicted molar refractivity (Wildman–Crippen MR) is 144 cm³/mol. The third kappa shape index (κ3) is 4.92. The van der Waals surface area contributed by atoms with Gasteiger partial charge in [-0.25, -0.2) is 0 Å². The molecule has 1 aromatic heterocycles. The monoisotopic (exact) mass is 501 g/mol. The first-order chi connectivity index (χ1) is 17.9. The van der Waals surface area contributed by atoms with Crippen molar-refractivity contribution in [3.8, 4) is 0 Å². The Morgan fingerprint density at radius 3 is 2.62 bits per heavy atom. The number of nitrogens with one attached hydrogen (secondary N) is 2. The van der Waals surface area contributed by atoms with Crippen LogP contribution in [0.25, 0.3) is 10.9 Å². The number of nitrogen functional groups attached to an aromatic ring is 1. The van der Waals surface area contributed by atoms with Crippen molar-refractivity contribution in [3.63, 3.8) is 0 Å². The molecule has 3 heterocycles. The van der Waals surface area contributed by atoms with E-state index in [-0.39, 0.29) is 29.8 Å². The van der Waals surface area contributed by atoms with Gasteiger partial charge in [0.15, 0.2) is 0 Å². The maximum Gasteiger partial charge on any atom is 0.253 e. The lowest BCUT2D eigenvalue weighted by molar-refractivity contribution is -0.133. The second kappa shape index (κ2) is 10.3. The zero-order chi connectivity index (χ0) is 26.1. The van der Waals surface area contributed by atoms with Gasteiger partial charge < -0.3 is 25.8 Å². The van der Waals surface area contributed by atoms with Crippen LogP contribution in [-0.4, -0.2) is 58.2 Å². The van der Waals surface area contributed by atoms with Gasteiger partial charge in [0.2, 0.25) is 11.8 Å². The number of nitrogens with zero attached hydrogens (tertiary/aromatic N) is 2. The van der Waals surface area contributed by atoms with Gasteiger partial charge in [-0.05, 0) is 60.7 Å². The number of hydrogen-bond acceptors (Lipinski definition) is 4. The molecule has 1 fully saturated rings. The molecule has 3 aromatic rings. The molecule has 0 spiro atoms. The minimum absolute atomic E-state index is 0.000113. The topological polar surface area (TPSA) is 112 Å². The van der Waals surface area contributed by atoms with Crippen LogP contribution in [0.2, 0.25) is 0 Å². The number of nitrogens with two attached hydrogens (primary N) is 1. The first kappa shape index (κ1) is 24.9. The van der Waals surface area contributed by atoms with Crippen LogP contribution in [-0.2, 0) is 16.0 Å². The SMILES string of the molecule is CCCCC(=O)N1CCc2c([nH]c3ccc(N)cc23)C1c1ccc(C(=O)N2CCC(NC(C)=O)C2)cc1. The normalized spacial score (nSPS) is 19.2. The summed E-state index contributed by atoms with van der Waals surface area (Å²) < 4.78 is 0. The molecule has 37 heavy (non-hydrogen) atoms. The summed E-state index contributed by atoms with van der Waals surface area (Å²) in [5, 5.41) is 4.01. The van der Waals surface area contributed by atoms with Crippen LogP contribution in [0.5, 0.6) is 0 Å². The lowest BCUT2D eigenvalue weighted by Gasteiger charge is -2.36. The van der Waals surface area contributed by atoms with Crippen LogP contribution in [0.15, 0.2) is 42.5 Å². The molecule has 8 nitrogen and oxygen atoms in total. The molecule has 8 heteroatoms. The highest BCUT2D eigenvalue weighted by Gasteiger charge is 2.34. The third-order valence-electron chi connectivity index (χ3n) is 7.57. The number of likely N-dealkylation sites (tertiary alicyclic amines) is 1. The average Bonchev–Trinajstić information content (AvgIpc) is 3.50. The maximum atomic E-state index is 13.3. The van der Waals surface area contributed by atoms with E-state index in [9.17, 15) is 14.4 Å². The standard InChI is InChI=1S/C29H35N5O3/c1-3-4-5-26(36)34-15-13-23-24-16-21(30)10-11-25(24)32-27(23)28(34)19-6-8-20(9-7-19)29(37)33-14-12-22(17-33)31-18(2)35/h6-11,16,22,28,32H,3-5,12-15,17,30H2,1-2H3,(H,31,35). The summed E-state index contributed by atoms with van der Waals surface area (Å²) in [6.45, 7) is 5.37. The number of aromatic amines is 1. The molecule has 2 atom stereocenters. The van der Waals surface area contributed by atoms with E-state index in [0.717, 1.165) is 53.5 Å². The number of rotatable bonds is 6. The minimum Gasteiger partial charge on any atom is -0.399 e. The Kier molecular flexibility index (Phi) is 6.91. The summed E-state index contributed by atoms with van der Waals surface area (Å²) in [5.41, 5.74) is 11.6. The Morgan fingerprint density at radius 2 is 1.89 bits per heavy atom. The zero-order valence-corrected chi connectivity index (χ0v) is 21.5. The Morgan fingerprint density at radius 1 is 1.11 bits per heavy atom. The van der Waals surface area contributed by atoms with Crippen molar-refractivity contribution in [2.75, 3.05) is 25.4 Å². The van der Waals surface area contributed by atoms with Gasteiger partial charge in [-0.1, -0.05) is 25.5 Å². The first-order valence-electron chi connectivity index (χ1n) is 13.2. The number of fused-ring (bicyclic) bond motifs is 3. The molecule has 5 rings (SSSR count). The average molecular weight is 502 g/mol. The molecule has 194 valence electrons. The molecule has 0 radical (unpaired) electrons. The van der Waals surface area contributed by atoms with Gasteiger partial charge in [-0.15, -0.1) is 0 Å². The summed E-state index contributed by atoms with van der Waals surface area (Å²) in [4.78, 5) is 45.1. The van der Waals surface area contributed by atoms with Crippen molar-refractivity contribution >= 4 is 34.3 Å². The fourth-order valence-corrected chi connectivity index (χ4v) is 5.73. The molecule has 2 aliphatic heterocycles. The van der Waals surface area contributed by atoms with Crippen molar-refractivity contribution < 1.29 is 14.4 Å². The van der Waals surface area contributed by atoms with Gasteiger partial charge >= 0.3 is 0 Å². The van der Waals surface area contributed by atoms with Gasteiger partial charge in [0, 0.05) is 66.9 Å². The van der Waals surface area contributed by atoms with E-state index in [1.54, 1.807) is 4.90 Å². The minimum atomic E-state index is -0.248. The van der Waals surface area contributed by atoms with E-state index in [1.807, 2.05) is 47.4 Å². The van der Waals surface area contributed by atoms with Crippen molar-refractivity contribution in [1.82, 2.24) is 20.1 Å². The lowest BCUT2D eigenvalue weighted by atomic mass is 9.91. The van der Waals surface area contributed by atoms with E-state index in [2.05, 4.69) is 17.2 Å². The highest BCUT2D eigenvalue weighted by molar-refractivity contribution is 5.94. The quantitative estimate of drug-likeness (QED) is 0.447. The van der Waals surface area contributed by atoms with Crippen LogP contribution in [0.4, 0.5) is 5.69 Å². The molecule has 0 bridgehead atoms. The smallest absolute Gasteiger partial charge is 0.253 e. The predicted octanol–water partition coefficient (Wildman–Crippen LogP) is 3.77. The van der Waals surface area contributed by atoms with Crippen molar-refractivity contribution in [2.24, 2.45) is 0 Å². The Labute approximate surface area is 217 Å². The van der Waals surface area contributed by atoms with Crippen LogP contribution >= 0.6 is 0 Å². The maximum absolute atomic E-state index is 13.3. The Balaban J connectivity index is 1.44. The Bertz CT molecular complexity index is 1330. The van der Waals surface area contributed by atoms with Gasteiger partial charge in [0.1, 0.15) is 0 Å². The number of unbranched alkanes of at least 4 members (excludes halogenated alkanes) is 1. The van der Waals surface area contributed by atoms with E-state index in [0.29, 0.717) is 31.6 Å². The van der Waals surface area contributed by atoms with Gasteiger partial charge in [-0.2, -0.15) is 0 Å². The van der Waals surface area contributed by atoms with Crippen molar-refractivity contribution in [2.45, 2.75) is 58.0 Å². The van der Waals surface area contributed by atoms with Crippen LogP contribution in [0, 0.1) is 0 Å². The Hall–Kier alpha value is -3.81. The number of amides is 3.